The van der Waals surface area contributed by atoms with Gasteiger partial charge in [0, 0.05) is 32.2 Å². The van der Waals surface area contributed by atoms with Crippen molar-refractivity contribution in [3.8, 4) is 0 Å². The number of hydrogen-bond acceptors (Lipinski definition) is 4. The second-order valence-electron chi connectivity index (χ2n) is 4.99. The van der Waals surface area contributed by atoms with Crippen molar-refractivity contribution in [3.63, 3.8) is 0 Å². The Morgan fingerprint density at radius 1 is 1.24 bits per heavy atom. The molecule has 0 radical (unpaired) electrons. The fraction of sp³-hybridized carbons (Fsp3) is 0.917. The van der Waals surface area contributed by atoms with Crippen molar-refractivity contribution < 1.29 is 4.79 Å². The zero-order valence-electron chi connectivity index (χ0n) is 10.6. The van der Waals surface area contributed by atoms with Crippen LogP contribution in [0.15, 0.2) is 0 Å². The first-order valence-electron chi connectivity index (χ1n) is 6.54. The Morgan fingerprint density at radius 3 is 2.35 bits per heavy atom. The van der Waals surface area contributed by atoms with E-state index < -0.39 is 0 Å². The lowest BCUT2D eigenvalue weighted by molar-refractivity contribution is -0.134. The molecule has 0 saturated carbocycles. The van der Waals surface area contributed by atoms with E-state index in [1.54, 1.807) is 6.92 Å². The number of nitrogens with two attached hydrogens (primary N) is 1. The van der Waals surface area contributed by atoms with Gasteiger partial charge in [-0.05, 0) is 31.3 Å². The van der Waals surface area contributed by atoms with Crippen LogP contribution < -0.4 is 5.73 Å². The van der Waals surface area contributed by atoms with E-state index in [0.29, 0.717) is 0 Å². The number of carbonyl (C=O) groups excluding carboxylic acids is 1. The van der Waals surface area contributed by atoms with Gasteiger partial charge in [0.2, 0.25) is 5.91 Å². The summed E-state index contributed by atoms with van der Waals surface area (Å²) in [6.07, 6.45) is 2.62. The summed E-state index contributed by atoms with van der Waals surface area (Å²) in [7, 11) is 0. The number of rotatable bonds is 2. The summed E-state index contributed by atoms with van der Waals surface area (Å²) < 4.78 is 0. The maximum absolute atomic E-state index is 11.8. The highest BCUT2D eigenvalue weighted by Gasteiger charge is 2.27. The van der Waals surface area contributed by atoms with E-state index in [-0.39, 0.29) is 11.9 Å². The molecule has 0 bridgehead atoms. The van der Waals surface area contributed by atoms with Crippen molar-refractivity contribution >= 4 is 17.7 Å². The van der Waals surface area contributed by atoms with E-state index in [9.17, 15) is 4.79 Å². The molecule has 98 valence electrons. The molecule has 2 saturated heterocycles. The van der Waals surface area contributed by atoms with Gasteiger partial charge in [-0.15, -0.1) is 0 Å². The summed E-state index contributed by atoms with van der Waals surface area (Å²) in [5, 5.41) is 0. The number of hydrogen-bond donors (Lipinski definition) is 1. The number of piperazine rings is 1. The highest BCUT2D eigenvalue weighted by atomic mass is 32.2. The van der Waals surface area contributed by atoms with Gasteiger partial charge >= 0.3 is 0 Å². The number of amides is 1. The SMILES string of the molecule is C[C@@H](N)C(=O)N1CCN(C2CCSCC2)CC1. The Kier molecular flexibility index (Phi) is 4.70. The number of nitrogens with zero attached hydrogens (tertiary/aromatic N) is 2. The van der Waals surface area contributed by atoms with E-state index >= 15 is 0 Å². The summed E-state index contributed by atoms with van der Waals surface area (Å²) in [5.74, 6) is 2.69. The molecule has 0 aromatic carbocycles. The van der Waals surface area contributed by atoms with Gasteiger partial charge in [-0.3, -0.25) is 9.69 Å². The quantitative estimate of drug-likeness (QED) is 0.777. The number of thioether (sulfide) groups is 1. The molecule has 0 unspecified atom stereocenters. The third-order valence-electron chi connectivity index (χ3n) is 3.72. The second kappa shape index (κ2) is 6.07. The van der Waals surface area contributed by atoms with Crippen LogP contribution in [0.2, 0.25) is 0 Å². The van der Waals surface area contributed by atoms with Gasteiger partial charge in [0.1, 0.15) is 0 Å². The molecule has 17 heavy (non-hydrogen) atoms. The van der Waals surface area contributed by atoms with Crippen molar-refractivity contribution in [2.75, 3.05) is 37.7 Å². The lowest BCUT2D eigenvalue weighted by Crippen LogP contribution is -2.55. The van der Waals surface area contributed by atoms with Gasteiger partial charge in [0.05, 0.1) is 6.04 Å². The van der Waals surface area contributed by atoms with Gasteiger partial charge in [0.15, 0.2) is 0 Å². The van der Waals surface area contributed by atoms with Crippen molar-refractivity contribution in [2.45, 2.75) is 31.8 Å². The zero-order chi connectivity index (χ0) is 12.3. The van der Waals surface area contributed by atoms with Gasteiger partial charge in [-0.1, -0.05) is 0 Å². The van der Waals surface area contributed by atoms with Crippen molar-refractivity contribution in [2.24, 2.45) is 5.73 Å². The van der Waals surface area contributed by atoms with E-state index in [2.05, 4.69) is 16.7 Å². The Balaban J connectivity index is 1.79. The van der Waals surface area contributed by atoms with Crippen LogP contribution in [0.25, 0.3) is 0 Å². The van der Waals surface area contributed by atoms with Crippen LogP contribution >= 0.6 is 11.8 Å². The fourth-order valence-electron chi connectivity index (χ4n) is 2.65. The molecule has 2 aliphatic heterocycles. The summed E-state index contributed by atoms with van der Waals surface area (Å²) >= 11 is 2.06. The average molecular weight is 257 g/mol. The molecular formula is C12H23N3OS. The highest BCUT2D eigenvalue weighted by Crippen LogP contribution is 2.22. The first-order valence-corrected chi connectivity index (χ1v) is 7.70. The van der Waals surface area contributed by atoms with E-state index in [1.165, 1.54) is 24.3 Å². The summed E-state index contributed by atoms with van der Waals surface area (Å²) in [6.45, 7) is 5.52. The molecule has 2 fully saturated rings. The standard InChI is InChI=1S/C12H23N3OS/c1-10(13)12(16)15-6-4-14(5-7-15)11-2-8-17-9-3-11/h10-11H,2-9,13H2,1H3/t10-/m1/s1. The second-order valence-corrected chi connectivity index (χ2v) is 6.22. The first kappa shape index (κ1) is 13.2. The third kappa shape index (κ3) is 3.36. The monoisotopic (exact) mass is 257 g/mol. The maximum Gasteiger partial charge on any atom is 0.239 e. The molecule has 0 aromatic rings. The lowest BCUT2D eigenvalue weighted by atomic mass is 10.1. The van der Waals surface area contributed by atoms with E-state index in [4.69, 9.17) is 5.73 Å². The van der Waals surface area contributed by atoms with Crippen LogP contribution in [0.1, 0.15) is 19.8 Å². The van der Waals surface area contributed by atoms with Crippen molar-refractivity contribution in [1.82, 2.24) is 9.80 Å². The molecule has 0 aromatic heterocycles. The molecule has 1 amide bonds. The minimum atomic E-state index is -0.354. The molecule has 2 aliphatic rings. The molecule has 2 heterocycles. The van der Waals surface area contributed by atoms with Crippen LogP contribution in [-0.4, -0.2) is 65.5 Å². The molecule has 2 N–H and O–H groups in total. The minimum absolute atomic E-state index is 0.101. The zero-order valence-corrected chi connectivity index (χ0v) is 11.4. The normalized spacial score (nSPS) is 25.9. The van der Waals surface area contributed by atoms with Gasteiger partial charge in [-0.25, -0.2) is 0 Å². The van der Waals surface area contributed by atoms with Crippen molar-refractivity contribution in [1.29, 1.82) is 0 Å². The van der Waals surface area contributed by atoms with Crippen LogP contribution in [-0.2, 0) is 4.79 Å². The summed E-state index contributed by atoms with van der Waals surface area (Å²) in [6, 6.07) is 0.399. The maximum atomic E-state index is 11.8. The molecular weight excluding hydrogens is 234 g/mol. The smallest absolute Gasteiger partial charge is 0.239 e. The third-order valence-corrected chi connectivity index (χ3v) is 4.77. The first-order chi connectivity index (χ1) is 8.18. The van der Waals surface area contributed by atoms with Crippen LogP contribution in [0, 0.1) is 0 Å². The fourth-order valence-corrected chi connectivity index (χ4v) is 3.73. The van der Waals surface area contributed by atoms with E-state index in [0.717, 1.165) is 32.2 Å². The lowest BCUT2D eigenvalue weighted by Gasteiger charge is -2.41. The van der Waals surface area contributed by atoms with E-state index in [1.807, 2.05) is 4.90 Å². The molecule has 5 heteroatoms. The summed E-state index contributed by atoms with van der Waals surface area (Å²) in [4.78, 5) is 16.2. The molecule has 0 aliphatic carbocycles. The van der Waals surface area contributed by atoms with Crippen molar-refractivity contribution in [3.05, 3.63) is 0 Å². The Morgan fingerprint density at radius 2 is 1.82 bits per heavy atom. The van der Waals surface area contributed by atoms with Crippen LogP contribution in [0.3, 0.4) is 0 Å². The van der Waals surface area contributed by atoms with Crippen LogP contribution in [0.4, 0.5) is 0 Å². The topological polar surface area (TPSA) is 49.6 Å². The Bertz CT molecular complexity index is 258. The predicted octanol–water partition coefficient (Wildman–Crippen LogP) is 0.373. The Labute approximate surface area is 108 Å². The average Bonchev–Trinajstić information content (AvgIpc) is 2.39. The highest BCUT2D eigenvalue weighted by molar-refractivity contribution is 7.99. The van der Waals surface area contributed by atoms with Gasteiger partial charge in [0.25, 0.3) is 0 Å². The predicted molar refractivity (Wildman–Crippen MR) is 72.1 cm³/mol. The molecule has 0 spiro atoms. The largest absolute Gasteiger partial charge is 0.339 e. The molecule has 4 nitrogen and oxygen atoms in total. The van der Waals surface area contributed by atoms with Gasteiger partial charge < -0.3 is 10.6 Å². The molecule has 2 rings (SSSR count). The molecule has 1 atom stereocenters. The minimum Gasteiger partial charge on any atom is -0.339 e. The van der Waals surface area contributed by atoms with Gasteiger partial charge in [-0.2, -0.15) is 11.8 Å². The Hall–Kier alpha value is -0.260. The number of carbonyl (C=O) groups is 1. The van der Waals surface area contributed by atoms with Crippen LogP contribution in [0.5, 0.6) is 0 Å². The summed E-state index contributed by atoms with van der Waals surface area (Å²) in [5.41, 5.74) is 5.64.